The minimum absolute atomic E-state index is 0.188. The van der Waals surface area contributed by atoms with Gasteiger partial charge in [0, 0.05) is 13.6 Å². The van der Waals surface area contributed by atoms with Gasteiger partial charge in [-0.15, -0.1) is 0 Å². The Morgan fingerprint density at radius 3 is 2.67 bits per heavy atom. The predicted molar refractivity (Wildman–Crippen MR) is 60.0 cm³/mol. The number of carbonyl (C=O) groups is 1. The summed E-state index contributed by atoms with van der Waals surface area (Å²) in [6.45, 7) is 4.24. The van der Waals surface area contributed by atoms with Crippen molar-refractivity contribution in [1.82, 2.24) is 0 Å². The smallest absolute Gasteiger partial charge is 0.164 e. The highest BCUT2D eigenvalue weighted by molar-refractivity contribution is 5.99. The molecule has 15 heavy (non-hydrogen) atoms. The van der Waals surface area contributed by atoms with Crippen LogP contribution < -0.4 is 4.90 Å². The van der Waals surface area contributed by atoms with Gasteiger partial charge >= 0.3 is 0 Å². The molecule has 0 fully saturated rings. The molecule has 82 valence electrons. The fraction of sp³-hybridized carbons (Fsp3) is 0.417. The summed E-state index contributed by atoms with van der Waals surface area (Å²) in [5, 5.41) is 0. The Bertz CT molecular complexity index is 363. The lowest BCUT2D eigenvalue weighted by atomic mass is 10.1. The van der Waals surface area contributed by atoms with E-state index in [0.717, 1.165) is 13.0 Å². The van der Waals surface area contributed by atoms with E-state index in [1.807, 2.05) is 18.9 Å². The first kappa shape index (κ1) is 11.7. The molecular formula is C12H16FNO. The van der Waals surface area contributed by atoms with Crippen molar-refractivity contribution in [3.8, 4) is 0 Å². The number of carbonyl (C=O) groups excluding carboxylic acids is 1. The molecule has 0 bridgehead atoms. The maximum atomic E-state index is 13.5. The highest BCUT2D eigenvalue weighted by atomic mass is 19.1. The van der Waals surface area contributed by atoms with Gasteiger partial charge in [0.1, 0.15) is 5.82 Å². The molecule has 0 N–H and O–H groups in total. The molecule has 1 rings (SSSR count). The van der Waals surface area contributed by atoms with Gasteiger partial charge in [-0.2, -0.15) is 0 Å². The number of hydrogen-bond donors (Lipinski definition) is 0. The standard InChI is InChI=1S/C12H16FNO/c1-4-8-14(3)11-7-5-6-10(13)12(11)9(2)15/h5-7H,4,8H2,1-3H3. The van der Waals surface area contributed by atoms with Crippen molar-refractivity contribution in [2.24, 2.45) is 0 Å². The van der Waals surface area contributed by atoms with Crippen LogP contribution in [0.1, 0.15) is 30.6 Å². The molecule has 0 aliphatic carbocycles. The number of nitrogens with zero attached hydrogens (tertiary/aromatic N) is 1. The second-order valence-corrected chi connectivity index (χ2v) is 3.61. The Hall–Kier alpha value is -1.38. The lowest BCUT2D eigenvalue weighted by Gasteiger charge is -2.21. The van der Waals surface area contributed by atoms with E-state index in [1.54, 1.807) is 12.1 Å². The van der Waals surface area contributed by atoms with Gasteiger partial charge in [0.15, 0.2) is 5.78 Å². The van der Waals surface area contributed by atoms with Gasteiger partial charge < -0.3 is 4.90 Å². The zero-order valence-corrected chi connectivity index (χ0v) is 9.38. The maximum absolute atomic E-state index is 13.5. The number of benzene rings is 1. The van der Waals surface area contributed by atoms with E-state index >= 15 is 0 Å². The molecule has 0 aliphatic heterocycles. The van der Waals surface area contributed by atoms with Crippen molar-refractivity contribution in [2.75, 3.05) is 18.5 Å². The Labute approximate surface area is 89.7 Å². The van der Waals surface area contributed by atoms with Crippen LogP contribution in [-0.4, -0.2) is 19.4 Å². The first-order valence-corrected chi connectivity index (χ1v) is 5.08. The highest BCUT2D eigenvalue weighted by Crippen LogP contribution is 2.22. The minimum atomic E-state index is -0.442. The summed E-state index contributed by atoms with van der Waals surface area (Å²) in [5.41, 5.74) is 0.859. The zero-order chi connectivity index (χ0) is 11.4. The molecule has 1 aromatic rings. The first-order chi connectivity index (χ1) is 7.07. The molecule has 0 aliphatic rings. The van der Waals surface area contributed by atoms with Gasteiger partial charge in [0.25, 0.3) is 0 Å². The zero-order valence-electron chi connectivity index (χ0n) is 9.38. The fourth-order valence-electron chi connectivity index (χ4n) is 1.64. The van der Waals surface area contributed by atoms with Crippen LogP contribution >= 0.6 is 0 Å². The van der Waals surface area contributed by atoms with E-state index in [9.17, 15) is 9.18 Å². The van der Waals surface area contributed by atoms with Crippen LogP contribution in [0.4, 0.5) is 10.1 Å². The van der Waals surface area contributed by atoms with Gasteiger partial charge in [-0.25, -0.2) is 4.39 Å². The number of anilines is 1. The quantitative estimate of drug-likeness (QED) is 0.711. The SMILES string of the molecule is CCCN(C)c1cccc(F)c1C(C)=O. The Morgan fingerprint density at radius 2 is 2.13 bits per heavy atom. The van der Waals surface area contributed by atoms with E-state index in [2.05, 4.69) is 0 Å². The van der Waals surface area contributed by atoms with E-state index in [4.69, 9.17) is 0 Å². The summed E-state index contributed by atoms with van der Waals surface area (Å²) in [6.07, 6.45) is 0.963. The first-order valence-electron chi connectivity index (χ1n) is 5.08. The third-order valence-electron chi connectivity index (χ3n) is 2.31. The number of rotatable bonds is 4. The van der Waals surface area contributed by atoms with Gasteiger partial charge in [0.05, 0.1) is 11.3 Å². The molecule has 2 nitrogen and oxygen atoms in total. The monoisotopic (exact) mass is 209 g/mol. The molecule has 1 aromatic carbocycles. The number of Topliss-reactive ketones (excluding diaryl/α,β-unsaturated/α-hetero) is 1. The van der Waals surface area contributed by atoms with Crippen LogP contribution in [0.5, 0.6) is 0 Å². The summed E-state index contributed by atoms with van der Waals surface area (Å²) in [4.78, 5) is 13.2. The minimum Gasteiger partial charge on any atom is -0.374 e. The molecule has 3 heteroatoms. The molecule has 0 atom stereocenters. The van der Waals surface area contributed by atoms with Crippen molar-refractivity contribution < 1.29 is 9.18 Å². The van der Waals surface area contributed by atoms with Crippen molar-refractivity contribution in [2.45, 2.75) is 20.3 Å². The van der Waals surface area contributed by atoms with E-state index < -0.39 is 5.82 Å². The van der Waals surface area contributed by atoms with Gasteiger partial charge in [-0.1, -0.05) is 13.0 Å². The van der Waals surface area contributed by atoms with Crippen LogP contribution in [-0.2, 0) is 0 Å². The van der Waals surface area contributed by atoms with Gasteiger partial charge in [-0.3, -0.25) is 4.79 Å². The summed E-state index contributed by atoms with van der Waals surface area (Å²) in [7, 11) is 1.87. The van der Waals surface area contributed by atoms with E-state index in [1.165, 1.54) is 13.0 Å². The van der Waals surface area contributed by atoms with Gasteiger partial charge in [0.2, 0.25) is 0 Å². The van der Waals surface area contributed by atoms with E-state index in [-0.39, 0.29) is 11.3 Å². The van der Waals surface area contributed by atoms with Crippen molar-refractivity contribution in [3.63, 3.8) is 0 Å². The van der Waals surface area contributed by atoms with Crippen LogP contribution in [0.3, 0.4) is 0 Å². The third-order valence-corrected chi connectivity index (χ3v) is 2.31. The van der Waals surface area contributed by atoms with Crippen molar-refractivity contribution in [3.05, 3.63) is 29.6 Å². The Balaban J connectivity index is 3.16. The Kier molecular flexibility index (Phi) is 3.83. The average molecular weight is 209 g/mol. The second kappa shape index (κ2) is 4.91. The molecule has 0 saturated heterocycles. The lowest BCUT2D eigenvalue weighted by Crippen LogP contribution is -2.20. The van der Waals surface area contributed by atoms with Crippen LogP contribution in [0.2, 0.25) is 0 Å². The Morgan fingerprint density at radius 1 is 1.47 bits per heavy atom. The molecule has 0 unspecified atom stereocenters. The summed E-state index contributed by atoms with van der Waals surface area (Å²) < 4.78 is 13.5. The lowest BCUT2D eigenvalue weighted by molar-refractivity contribution is 0.101. The molecule has 0 radical (unpaired) electrons. The van der Waals surface area contributed by atoms with Crippen molar-refractivity contribution in [1.29, 1.82) is 0 Å². The van der Waals surface area contributed by atoms with Crippen LogP contribution in [0.25, 0.3) is 0 Å². The largest absolute Gasteiger partial charge is 0.374 e. The van der Waals surface area contributed by atoms with Crippen LogP contribution in [0.15, 0.2) is 18.2 Å². The highest BCUT2D eigenvalue weighted by Gasteiger charge is 2.14. The number of ketones is 1. The molecular weight excluding hydrogens is 193 g/mol. The summed E-state index contributed by atoms with van der Waals surface area (Å²) in [6, 6.07) is 4.72. The molecule has 0 saturated carbocycles. The topological polar surface area (TPSA) is 20.3 Å². The fourth-order valence-corrected chi connectivity index (χ4v) is 1.64. The molecule has 0 spiro atoms. The summed E-state index contributed by atoms with van der Waals surface area (Å²) >= 11 is 0. The second-order valence-electron chi connectivity index (χ2n) is 3.61. The molecule has 0 amide bonds. The number of halogens is 1. The van der Waals surface area contributed by atoms with Gasteiger partial charge in [-0.05, 0) is 25.5 Å². The summed E-state index contributed by atoms with van der Waals surface area (Å²) in [5.74, 6) is -0.672. The number of hydrogen-bond acceptors (Lipinski definition) is 2. The maximum Gasteiger partial charge on any atom is 0.164 e. The normalized spacial score (nSPS) is 10.1. The third kappa shape index (κ3) is 2.55. The van der Waals surface area contributed by atoms with E-state index in [0.29, 0.717) is 5.69 Å². The predicted octanol–water partition coefficient (Wildman–Crippen LogP) is 2.87. The van der Waals surface area contributed by atoms with Crippen LogP contribution in [0, 0.1) is 5.82 Å². The molecule has 0 aromatic heterocycles. The average Bonchev–Trinajstić information content (AvgIpc) is 2.17. The molecule has 0 heterocycles. The van der Waals surface area contributed by atoms with Crippen molar-refractivity contribution >= 4 is 11.5 Å².